The van der Waals surface area contributed by atoms with Crippen LogP contribution >= 0.6 is 0 Å². The van der Waals surface area contributed by atoms with Crippen LogP contribution in [0.3, 0.4) is 0 Å². The van der Waals surface area contributed by atoms with E-state index in [1.54, 1.807) is 36.4 Å². The average molecular weight is 586 g/mol. The normalized spacial score (nSPS) is 18.3. The number of aliphatic imine (C=N–C) groups is 1. The maximum Gasteiger partial charge on any atom is 0.253 e. The van der Waals surface area contributed by atoms with Gasteiger partial charge in [0.05, 0.1) is 12.6 Å². The highest BCUT2D eigenvalue weighted by molar-refractivity contribution is 6.01. The molecule has 2 aliphatic rings. The Labute approximate surface area is 255 Å². The van der Waals surface area contributed by atoms with Crippen molar-refractivity contribution in [2.24, 2.45) is 10.1 Å². The fourth-order valence-electron chi connectivity index (χ4n) is 5.93. The number of ether oxygens (including phenoxy) is 2. The maximum absolute atomic E-state index is 14.7. The molecule has 9 nitrogen and oxygen atoms in total. The first-order valence-electron chi connectivity index (χ1n) is 14.4. The molecule has 220 valence electrons. The molecule has 6 rings (SSSR count). The average Bonchev–Trinajstić information content (AvgIpc) is 3.59. The maximum atomic E-state index is 14.7. The van der Waals surface area contributed by atoms with Gasteiger partial charge < -0.3 is 19.9 Å². The van der Waals surface area contributed by atoms with E-state index in [1.165, 1.54) is 0 Å². The second-order valence-electron chi connectivity index (χ2n) is 10.6. The van der Waals surface area contributed by atoms with E-state index in [9.17, 15) is 10.3 Å². The number of aliphatic hydroxyl groups is 1. The molecule has 0 spiro atoms. The first kappa shape index (κ1) is 28.7. The largest absolute Gasteiger partial charge is 0.494 e. The molecule has 4 aromatic carbocycles. The number of benzene rings is 4. The first-order chi connectivity index (χ1) is 21.6. The van der Waals surface area contributed by atoms with Crippen molar-refractivity contribution in [2.75, 3.05) is 13.2 Å². The smallest absolute Gasteiger partial charge is 0.253 e. The van der Waals surface area contributed by atoms with E-state index in [0.29, 0.717) is 35.6 Å². The molecule has 2 N–H and O–H groups in total. The minimum Gasteiger partial charge on any atom is -0.494 e. The zero-order valence-electron chi connectivity index (χ0n) is 24.0. The van der Waals surface area contributed by atoms with E-state index in [4.69, 9.17) is 19.6 Å². The SMILES string of the molecule is C=CC[C@@]1(C(=O)NC2c3ccccc3-c3ccccc32)N=C(c2ccc(OCCCO)cc2)O[C@@H]1c1ccccc1N=[N+]=[N-]. The van der Waals surface area contributed by atoms with Crippen LogP contribution < -0.4 is 10.1 Å². The molecule has 0 bridgehead atoms. The summed E-state index contributed by atoms with van der Waals surface area (Å²) in [5.74, 6) is 0.574. The van der Waals surface area contributed by atoms with E-state index in [2.05, 4.69) is 34.1 Å². The number of hydrogen-bond acceptors (Lipinski definition) is 6. The predicted octanol–water partition coefficient (Wildman–Crippen LogP) is 7.11. The number of nitrogens with one attached hydrogen (secondary N) is 1. The molecule has 9 heteroatoms. The van der Waals surface area contributed by atoms with Crippen LogP contribution in [0.1, 0.15) is 47.2 Å². The molecule has 1 amide bonds. The Hall–Kier alpha value is -5.37. The zero-order chi connectivity index (χ0) is 30.5. The summed E-state index contributed by atoms with van der Waals surface area (Å²) in [6.45, 7) is 4.41. The van der Waals surface area contributed by atoms with E-state index >= 15 is 0 Å². The summed E-state index contributed by atoms with van der Waals surface area (Å²) < 4.78 is 12.2. The molecule has 2 atom stereocenters. The highest BCUT2D eigenvalue weighted by Crippen LogP contribution is 2.48. The summed E-state index contributed by atoms with van der Waals surface area (Å²) >= 11 is 0. The van der Waals surface area contributed by atoms with Crippen molar-refractivity contribution in [2.45, 2.75) is 30.5 Å². The van der Waals surface area contributed by atoms with Gasteiger partial charge in [0.2, 0.25) is 5.90 Å². The molecular weight excluding hydrogens is 554 g/mol. The lowest BCUT2D eigenvalue weighted by Crippen LogP contribution is -2.49. The third-order valence-electron chi connectivity index (χ3n) is 7.97. The van der Waals surface area contributed by atoms with Crippen LogP contribution in [0.15, 0.2) is 120 Å². The molecule has 0 fully saturated rings. The fourth-order valence-corrected chi connectivity index (χ4v) is 5.93. The molecule has 1 aliphatic heterocycles. The van der Waals surface area contributed by atoms with Gasteiger partial charge in [-0.2, -0.15) is 0 Å². The lowest BCUT2D eigenvalue weighted by atomic mass is 9.83. The van der Waals surface area contributed by atoms with Gasteiger partial charge in [-0.1, -0.05) is 84.0 Å². The highest BCUT2D eigenvalue weighted by atomic mass is 16.5. The second kappa shape index (κ2) is 12.5. The molecule has 0 saturated carbocycles. The van der Waals surface area contributed by atoms with Crippen LogP contribution in [0.2, 0.25) is 0 Å². The van der Waals surface area contributed by atoms with Gasteiger partial charge in [0, 0.05) is 41.2 Å². The van der Waals surface area contributed by atoms with Gasteiger partial charge in [0.25, 0.3) is 5.91 Å². The fraction of sp³-hybridized carbons (Fsp3) is 0.200. The predicted molar refractivity (Wildman–Crippen MR) is 169 cm³/mol. The lowest BCUT2D eigenvalue weighted by Gasteiger charge is -2.32. The van der Waals surface area contributed by atoms with Crippen LogP contribution in [0.5, 0.6) is 5.75 Å². The molecular formula is C35H31N5O4. The van der Waals surface area contributed by atoms with Gasteiger partial charge in [-0.05, 0) is 52.1 Å². The lowest BCUT2D eigenvalue weighted by molar-refractivity contribution is -0.129. The highest BCUT2D eigenvalue weighted by Gasteiger charge is 2.53. The quantitative estimate of drug-likeness (QED) is 0.0639. The summed E-state index contributed by atoms with van der Waals surface area (Å²) in [6.07, 6.45) is 1.44. The molecule has 4 aromatic rings. The van der Waals surface area contributed by atoms with E-state index < -0.39 is 11.6 Å². The number of rotatable bonds is 11. The molecule has 0 saturated heterocycles. The summed E-state index contributed by atoms with van der Waals surface area (Å²) in [5, 5.41) is 16.3. The Bertz CT molecular complexity index is 1730. The zero-order valence-corrected chi connectivity index (χ0v) is 24.0. The number of azide groups is 1. The van der Waals surface area contributed by atoms with Gasteiger partial charge >= 0.3 is 0 Å². The van der Waals surface area contributed by atoms with Gasteiger partial charge in [0.15, 0.2) is 11.6 Å². The summed E-state index contributed by atoms with van der Waals surface area (Å²) in [4.78, 5) is 22.7. The van der Waals surface area contributed by atoms with Crippen molar-refractivity contribution in [3.8, 4) is 16.9 Å². The number of amides is 1. The first-order valence-corrected chi connectivity index (χ1v) is 14.4. The molecule has 0 aromatic heterocycles. The van der Waals surface area contributed by atoms with Gasteiger partial charge in [0.1, 0.15) is 5.75 Å². The van der Waals surface area contributed by atoms with Crippen LogP contribution in [0.4, 0.5) is 5.69 Å². The molecule has 44 heavy (non-hydrogen) atoms. The summed E-state index contributed by atoms with van der Waals surface area (Å²) in [7, 11) is 0. The van der Waals surface area contributed by atoms with E-state index in [1.807, 2.05) is 54.6 Å². The Morgan fingerprint density at radius 1 is 1.00 bits per heavy atom. The van der Waals surface area contributed by atoms with E-state index in [-0.39, 0.29) is 30.9 Å². The Balaban J connectivity index is 1.43. The van der Waals surface area contributed by atoms with Crippen molar-refractivity contribution >= 4 is 17.5 Å². The standard InChI is InChI=1S/C35H31N5O4/c1-2-20-35(34(42)37-31-27-12-5-3-10-25(27)26-11-4-6-13-28(26)31)32(29-14-7-8-15-30(29)39-40-36)44-33(38-35)23-16-18-24(19-17-23)43-22-9-21-41/h2-8,10-19,31-32,41H,1,9,20-22H2,(H,37,42)/t32-,35-/m1/s1. The van der Waals surface area contributed by atoms with Crippen molar-refractivity contribution in [1.82, 2.24) is 5.32 Å². The van der Waals surface area contributed by atoms with Crippen LogP contribution in [-0.4, -0.2) is 35.7 Å². The van der Waals surface area contributed by atoms with Crippen molar-refractivity contribution in [3.63, 3.8) is 0 Å². The topological polar surface area (TPSA) is 129 Å². The number of carbonyl (C=O) groups excluding carboxylic acids is 1. The van der Waals surface area contributed by atoms with Gasteiger partial charge in [-0.3, -0.25) is 4.79 Å². The molecule has 0 unspecified atom stereocenters. The Morgan fingerprint density at radius 3 is 2.27 bits per heavy atom. The van der Waals surface area contributed by atoms with Gasteiger partial charge in [-0.25, -0.2) is 4.99 Å². The van der Waals surface area contributed by atoms with Crippen molar-refractivity contribution < 1.29 is 19.4 Å². The third kappa shape index (κ3) is 5.19. The van der Waals surface area contributed by atoms with Crippen LogP contribution in [0, 0.1) is 0 Å². The molecule has 1 aliphatic carbocycles. The van der Waals surface area contributed by atoms with E-state index in [0.717, 1.165) is 22.3 Å². The van der Waals surface area contributed by atoms with Crippen LogP contribution in [-0.2, 0) is 9.53 Å². The number of nitrogens with zero attached hydrogens (tertiary/aromatic N) is 4. The van der Waals surface area contributed by atoms with Crippen LogP contribution in [0.25, 0.3) is 21.6 Å². The minimum absolute atomic E-state index is 0.0485. The monoisotopic (exact) mass is 585 g/mol. The second-order valence-corrected chi connectivity index (χ2v) is 10.6. The molecule has 1 heterocycles. The Morgan fingerprint density at radius 2 is 1.64 bits per heavy atom. The Kier molecular flexibility index (Phi) is 8.14. The number of carbonyl (C=O) groups is 1. The summed E-state index contributed by atoms with van der Waals surface area (Å²) in [5.41, 5.74) is 13.5. The third-order valence-corrected chi connectivity index (χ3v) is 7.97. The van der Waals surface area contributed by atoms with Crippen molar-refractivity contribution in [3.05, 3.63) is 142 Å². The summed E-state index contributed by atoms with van der Waals surface area (Å²) in [6, 6.07) is 30.0. The van der Waals surface area contributed by atoms with Crippen molar-refractivity contribution in [1.29, 1.82) is 0 Å². The molecule has 0 radical (unpaired) electrons. The minimum atomic E-state index is -1.46. The number of fused-ring (bicyclic) bond motifs is 3. The number of aliphatic hydroxyl groups excluding tert-OH is 1. The van der Waals surface area contributed by atoms with Gasteiger partial charge in [-0.15, -0.1) is 6.58 Å². The number of hydrogen-bond donors (Lipinski definition) is 2.